The first-order valence-corrected chi connectivity index (χ1v) is 7.25. The van der Waals surface area contributed by atoms with E-state index in [-0.39, 0.29) is 5.82 Å². The van der Waals surface area contributed by atoms with Crippen molar-refractivity contribution in [3.63, 3.8) is 0 Å². The largest absolute Gasteiger partial charge is 0.392 e. The molecule has 2 nitrogen and oxygen atoms in total. The Morgan fingerprint density at radius 3 is 2.89 bits per heavy atom. The summed E-state index contributed by atoms with van der Waals surface area (Å²) in [6.45, 7) is 1.93. The minimum absolute atomic E-state index is 0.302. The minimum Gasteiger partial charge on any atom is -0.392 e. The molecule has 0 saturated carbocycles. The number of thiazole rings is 1. The summed E-state index contributed by atoms with van der Waals surface area (Å²) in [5, 5.41) is 12.9. The van der Waals surface area contributed by atoms with Crippen LogP contribution < -0.4 is 0 Å². The van der Waals surface area contributed by atoms with Crippen molar-refractivity contribution >= 4 is 27.3 Å². The van der Waals surface area contributed by atoms with Gasteiger partial charge in [-0.05, 0) is 40.9 Å². The number of hydrogen-bond donors (Lipinski definition) is 1. The molecule has 1 aromatic carbocycles. The number of rotatable bonds is 4. The van der Waals surface area contributed by atoms with Gasteiger partial charge in [-0.2, -0.15) is 0 Å². The van der Waals surface area contributed by atoms with Crippen LogP contribution in [0.2, 0.25) is 0 Å². The zero-order valence-corrected chi connectivity index (χ0v) is 12.3. The quantitative estimate of drug-likeness (QED) is 0.931. The summed E-state index contributed by atoms with van der Waals surface area (Å²) in [6.07, 6.45) is 0.354. The number of aliphatic hydroxyl groups excluding tert-OH is 1. The maximum atomic E-state index is 13.3. The lowest BCUT2D eigenvalue weighted by Crippen LogP contribution is -2.14. The van der Waals surface area contributed by atoms with Crippen LogP contribution in [0.5, 0.6) is 0 Å². The molecule has 0 bridgehead atoms. The predicted molar refractivity (Wildman–Crippen MR) is 74.4 cm³/mol. The van der Waals surface area contributed by atoms with Crippen molar-refractivity contribution in [1.29, 1.82) is 0 Å². The van der Waals surface area contributed by atoms with Crippen LogP contribution in [0, 0.1) is 12.7 Å². The summed E-state index contributed by atoms with van der Waals surface area (Å²) in [7, 11) is 0. The van der Waals surface area contributed by atoms with E-state index in [0.717, 1.165) is 16.3 Å². The molecule has 0 amide bonds. The molecule has 1 aromatic heterocycles. The molecule has 0 radical (unpaired) electrons. The molecule has 96 valence electrons. The monoisotopic (exact) mass is 329 g/mol. The highest BCUT2D eigenvalue weighted by Gasteiger charge is 2.12. The minimum atomic E-state index is -0.551. The van der Waals surface area contributed by atoms with Crippen LogP contribution in [0.1, 0.15) is 16.3 Å². The standard InChI is InChI=1S/C13H13BrFNOS/c1-8-16-10(7-18-8)6-11(17)5-9-3-2-4-12(15)13(9)14/h2-4,7,11,17H,5-6H2,1H3. The second-order valence-electron chi connectivity index (χ2n) is 4.13. The van der Waals surface area contributed by atoms with Gasteiger partial charge in [-0.3, -0.25) is 0 Å². The molecule has 1 atom stereocenters. The number of aliphatic hydroxyl groups is 1. The van der Waals surface area contributed by atoms with Crippen LogP contribution in [0.15, 0.2) is 28.1 Å². The lowest BCUT2D eigenvalue weighted by molar-refractivity contribution is 0.174. The van der Waals surface area contributed by atoms with E-state index < -0.39 is 6.10 Å². The van der Waals surface area contributed by atoms with Crippen molar-refractivity contribution in [2.75, 3.05) is 0 Å². The molecule has 18 heavy (non-hydrogen) atoms. The second kappa shape index (κ2) is 5.91. The van der Waals surface area contributed by atoms with Crippen molar-refractivity contribution in [1.82, 2.24) is 4.98 Å². The van der Waals surface area contributed by atoms with E-state index >= 15 is 0 Å². The van der Waals surface area contributed by atoms with Gasteiger partial charge in [0.2, 0.25) is 0 Å². The summed E-state index contributed by atoms with van der Waals surface area (Å²) in [4.78, 5) is 4.30. The zero-order valence-electron chi connectivity index (χ0n) is 9.86. The van der Waals surface area contributed by atoms with E-state index in [1.165, 1.54) is 6.07 Å². The number of halogens is 2. The van der Waals surface area contributed by atoms with Crippen molar-refractivity contribution in [3.05, 3.63) is 50.1 Å². The topological polar surface area (TPSA) is 33.1 Å². The van der Waals surface area contributed by atoms with Gasteiger partial charge in [0, 0.05) is 11.8 Å². The van der Waals surface area contributed by atoms with E-state index in [9.17, 15) is 9.50 Å². The number of benzene rings is 1. The van der Waals surface area contributed by atoms with Crippen molar-refractivity contribution < 1.29 is 9.50 Å². The molecule has 1 heterocycles. The molecule has 0 spiro atoms. The summed E-state index contributed by atoms with van der Waals surface area (Å²) in [5.74, 6) is -0.302. The Kier molecular flexibility index (Phi) is 4.48. The van der Waals surface area contributed by atoms with Gasteiger partial charge < -0.3 is 5.11 Å². The van der Waals surface area contributed by atoms with Gasteiger partial charge in [0.1, 0.15) is 5.82 Å². The highest BCUT2D eigenvalue weighted by molar-refractivity contribution is 9.10. The predicted octanol–water partition coefficient (Wildman–Crippen LogP) is 3.50. The van der Waals surface area contributed by atoms with E-state index in [0.29, 0.717) is 17.3 Å². The van der Waals surface area contributed by atoms with Gasteiger partial charge in [-0.15, -0.1) is 11.3 Å². The summed E-state index contributed by atoms with van der Waals surface area (Å²) < 4.78 is 13.7. The Balaban J connectivity index is 2.03. The van der Waals surface area contributed by atoms with Crippen LogP contribution in [0.3, 0.4) is 0 Å². The molecule has 0 fully saturated rings. The maximum Gasteiger partial charge on any atom is 0.137 e. The van der Waals surface area contributed by atoms with E-state index in [1.807, 2.05) is 18.4 Å². The third-order valence-electron chi connectivity index (χ3n) is 2.60. The third kappa shape index (κ3) is 3.37. The average molecular weight is 330 g/mol. The van der Waals surface area contributed by atoms with Crippen molar-refractivity contribution in [2.45, 2.75) is 25.9 Å². The number of aryl methyl sites for hydroxylation is 1. The highest BCUT2D eigenvalue weighted by Crippen LogP contribution is 2.22. The lowest BCUT2D eigenvalue weighted by Gasteiger charge is -2.11. The Bertz CT molecular complexity index is 544. The molecule has 0 aliphatic carbocycles. The summed E-state index contributed by atoms with van der Waals surface area (Å²) >= 11 is 4.77. The lowest BCUT2D eigenvalue weighted by atomic mass is 10.0. The molecule has 1 N–H and O–H groups in total. The average Bonchev–Trinajstić information content (AvgIpc) is 2.70. The number of nitrogens with zero attached hydrogens (tertiary/aromatic N) is 1. The zero-order chi connectivity index (χ0) is 13.1. The van der Waals surface area contributed by atoms with Gasteiger partial charge in [0.05, 0.1) is 21.3 Å². The van der Waals surface area contributed by atoms with Gasteiger partial charge in [0.15, 0.2) is 0 Å². The van der Waals surface area contributed by atoms with Crippen LogP contribution in [0.4, 0.5) is 4.39 Å². The second-order valence-corrected chi connectivity index (χ2v) is 5.99. The SMILES string of the molecule is Cc1nc(CC(O)Cc2cccc(F)c2Br)cs1. The van der Waals surface area contributed by atoms with Gasteiger partial charge in [-0.1, -0.05) is 12.1 Å². The molecule has 0 aliphatic rings. The summed E-state index contributed by atoms with van der Waals surface area (Å²) in [5.41, 5.74) is 1.66. The summed E-state index contributed by atoms with van der Waals surface area (Å²) in [6, 6.07) is 4.85. The molecular weight excluding hydrogens is 317 g/mol. The Morgan fingerprint density at radius 2 is 2.22 bits per heavy atom. The molecule has 2 aromatic rings. The fourth-order valence-corrected chi connectivity index (χ4v) is 2.83. The van der Waals surface area contributed by atoms with Gasteiger partial charge in [0.25, 0.3) is 0 Å². The third-order valence-corrected chi connectivity index (χ3v) is 4.31. The van der Waals surface area contributed by atoms with E-state index in [4.69, 9.17) is 0 Å². The molecule has 0 saturated heterocycles. The normalized spacial score (nSPS) is 12.7. The van der Waals surface area contributed by atoms with Gasteiger partial charge >= 0.3 is 0 Å². The first kappa shape index (κ1) is 13.6. The Hall–Kier alpha value is -0.780. The van der Waals surface area contributed by atoms with E-state index in [1.54, 1.807) is 17.4 Å². The molecule has 2 rings (SSSR count). The molecule has 5 heteroatoms. The Labute approximate surface area is 118 Å². The van der Waals surface area contributed by atoms with Crippen molar-refractivity contribution in [3.8, 4) is 0 Å². The van der Waals surface area contributed by atoms with Crippen LogP contribution in [-0.4, -0.2) is 16.2 Å². The van der Waals surface area contributed by atoms with E-state index in [2.05, 4.69) is 20.9 Å². The van der Waals surface area contributed by atoms with Gasteiger partial charge in [-0.25, -0.2) is 9.37 Å². The van der Waals surface area contributed by atoms with Crippen LogP contribution >= 0.6 is 27.3 Å². The van der Waals surface area contributed by atoms with Crippen LogP contribution in [-0.2, 0) is 12.8 Å². The first-order valence-electron chi connectivity index (χ1n) is 5.58. The molecule has 0 aliphatic heterocycles. The maximum absolute atomic E-state index is 13.3. The molecular formula is C13H13BrFNOS. The Morgan fingerprint density at radius 1 is 1.44 bits per heavy atom. The first-order chi connectivity index (χ1) is 8.56. The van der Waals surface area contributed by atoms with Crippen molar-refractivity contribution in [2.24, 2.45) is 0 Å². The fourth-order valence-electron chi connectivity index (χ4n) is 1.78. The van der Waals surface area contributed by atoms with Crippen LogP contribution in [0.25, 0.3) is 0 Å². The smallest absolute Gasteiger partial charge is 0.137 e. The molecule has 1 unspecified atom stereocenters. The number of hydrogen-bond acceptors (Lipinski definition) is 3. The fraction of sp³-hybridized carbons (Fsp3) is 0.308. The number of aromatic nitrogens is 1. The highest BCUT2D eigenvalue weighted by atomic mass is 79.9.